The normalized spacial score (nSPS) is 10.8. The summed E-state index contributed by atoms with van der Waals surface area (Å²) in [4.78, 5) is 5.62. The van der Waals surface area contributed by atoms with Gasteiger partial charge in [-0.1, -0.05) is 22.0 Å². The summed E-state index contributed by atoms with van der Waals surface area (Å²) in [6.07, 6.45) is 0. The molecule has 2 heterocycles. The van der Waals surface area contributed by atoms with Crippen LogP contribution in [-0.4, -0.2) is 15.2 Å². The lowest BCUT2D eigenvalue weighted by molar-refractivity contribution is 1.10. The Hall–Kier alpha value is -1.46. The fourth-order valence-electron chi connectivity index (χ4n) is 1.70. The number of nitrogens with one attached hydrogen (secondary N) is 1. The Morgan fingerprint density at radius 3 is 2.89 bits per heavy atom. The van der Waals surface area contributed by atoms with Crippen molar-refractivity contribution < 1.29 is 0 Å². The van der Waals surface area contributed by atoms with E-state index >= 15 is 0 Å². The lowest BCUT2D eigenvalue weighted by atomic mass is 10.1. The molecule has 1 N–H and O–H groups in total. The third-order valence-corrected chi connectivity index (χ3v) is 4.42. The SMILES string of the molecule is Cc1cc(-c2n[nH]c(-c3cccs3)n2)ccc1Br. The predicted molar refractivity (Wildman–Crippen MR) is 77.6 cm³/mol. The molecule has 0 unspecified atom stereocenters. The van der Waals surface area contributed by atoms with Crippen LogP contribution in [0.2, 0.25) is 0 Å². The summed E-state index contributed by atoms with van der Waals surface area (Å²) in [5, 5.41) is 9.28. The number of aromatic nitrogens is 3. The number of rotatable bonds is 2. The number of hydrogen-bond donors (Lipinski definition) is 1. The molecule has 0 amide bonds. The molecule has 0 saturated carbocycles. The third-order valence-electron chi connectivity index (χ3n) is 2.66. The van der Waals surface area contributed by atoms with Gasteiger partial charge in [-0.2, -0.15) is 5.10 Å². The van der Waals surface area contributed by atoms with Crippen LogP contribution >= 0.6 is 27.3 Å². The van der Waals surface area contributed by atoms with Gasteiger partial charge in [-0.3, -0.25) is 5.10 Å². The highest BCUT2D eigenvalue weighted by Crippen LogP contribution is 2.26. The van der Waals surface area contributed by atoms with Crippen molar-refractivity contribution in [3.05, 3.63) is 45.7 Å². The van der Waals surface area contributed by atoms with Crippen LogP contribution < -0.4 is 0 Å². The number of H-pyrrole nitrogens is 1. The molecule has 18 heavy (non-hydrogen) atoms. The van der Waals surface area contributed by atoms with Crippen LogP contribution in [-0.2, 0) is 0 Å². The average Bonchev–Trinajstić information content (AvgIpc) is 3.01. The largest absolute Gasteiger partial charge is 0.258 e. The molecule has 0 aliphatic carbocycles. The molecule has 1 aromatic carbocycles. The van der Waals surface area contributed by atoms with Crippen LogP contribution in [0.4, 0.5) is 0 Å². The van der Waals surface area contributed by atoms with E-state index in [1.165, 1.54) is 5.56 Å². The van der Waals surface area contributed by atoms with Gasteiger partial charge in [0.25, 0.3) is 0 Å². The molecule has 0 spiro atoms. The fraction of sp³-hybridized carbons (Fsp3) is 0.0769. The minimum Gasteiger partial charge on any atom is -0.258 e. The molecular formula is C13H10BrN3S. The standard InChI is InChI=1S/C13H10BrN3S/c1-8-7-9(4-5-10(8)14)12-15-13(17-16-12)11-3-2-6-18-11/h2-7H,1H3,(H,15,16,17). The Bertz CT molecular complexity index is 673. The zero-order chi connectivity index (χ0) is 12.5. The smallest absolute Gasteiger partial charge is 0.181 e. The van der Waals surface area contributed by atoms with Crippen LogP contribution in [0.3, 0.4) is 0 Å². The first kappa shape index (κ1) is 11.6. The summed E-state index contributed by atoms with van der Waals surface area (Å²) in [7, 11) is 0. The molecule has 2 aromatic heterocycles. The van der Waals surface area contributed by atoms with Crippen molar-refractivity contribution in [1.29, 1.82) is 0 Å². The molecule has 0 radical (unpaired) electrons. The molecule has 5 heteroatoms. The first-order valence-corrected chi connectivity index (χ1v) is 7.14. The second-order valence-electron chi connectivity index (χ2n) is 3.95. The summed E-state index contributed by atoms with van der Waals surface area (Å²) in [5.41, 5.74) is 2.20. The van der Waals surface area contributed by atoms with E-state index in [2.05, 4.69) is 44.1 Å². The second-order valence-corrected chi connectivity index (χ2v) is 5.75. The zero-order valence-corrected chi connectivity index (χ0v) is 12.0. The Morgan fingerprint density at radius 2 is 2.17 bits per heavy atom. The van der Waals surface area contributed by atoms with Crippen LogP contribution in [0.1, 0.15) is 5.56 Å². The lowest BCUT2D eigenvalue weighted by Gasteiger charge is -1.99. The van der Waals surface area contributed by atoms with Crippen molar-refractivity contribution in [3.8, 4) is 22.1 Å². The third kappa shape index (κ3) is 2.11. The van der Waals surface area contributed by atoms with Crippen molar-refractivity contribution in [2.24, 2.45) is 0 Å². The summed E-state index contributed by atoms with van der Waals surface area (Å²) in [5.74, 6) is 1.55. The Kier molecular flexibility index (Phi) is 3.01. The van der Waals surface area contributed by atoms with Gasteiger partial charge in [0.2, 0.25) is 0 Å². The van der Waals surface area contributed by atoms with Gasteiger partial charge >= 0.3 is 0 Å². The maximum Gasteiger partial charge on any atom is 0.181 e. The number of hydrogen-bond acceptors (Lipinski definition) is 3. The number of benzene rings is 1. The maximum atomic E-state index is 4.52. The van der Waals surface area contributed by atoms with Crippen molar-refractivity contribution >= 4 is 27.3 Å². The maximum absolute atomic E-state index is 4.52. The highest BCUT2D eigenvalue weighted by Gasteiger charge is 2.09. The van der Waals surface area contributed by atoms with E-state index < -0.39 is 0 Å². The second kappa shape index (κ2) is 4.66. The topological polar surface area (TPSA) is 41.6 Å². The first-order chi connectivity index (χ1) is 8.74. The minimum atomic E-state index is 0.731. The molecule has 0 bridgehead atoms. The minimum absolute atomic E-state index is 0.731. The van der Waals surface area contributed by atoms with Crippen LogP contribution in [0.15, 0.2) is 40.2 Å². The quantitative estimate of drug-likeness (QED) is 0.766. The van der Waals surface area contributed by atoms with Gasteiger partial charge in [-0.25, -0.2) is 4.98 Å². The number of nitrogens with zero attached hydrogens (tertiary/aromatic N) is 2. The van der Waals surface area contributed by atoms with E-state index in [4.69, 9.17) is 0 Å². The highest BCUT2D eigenvalue weighted by atomic mass is 79.9. The van der Waals surface area contributed by atoms with E-state index in [1.807, 2.05) is 29.6 Å². The van der Waals surface area contributed by atoms with Crippen LogP contribution in [0, 0.1) is 6.92 Å². The van der Waals surface area contributed by atoms with Crippen molar-refractivity contribution in [2.45, 2.75) is 6.92 Å². The predicted octanol–water partition coefficient (Wildman–Crippen LogP) is 4.27. The van der Waals surface area contributed by atoms with Crippen LogP contribution in [0.5, 0.6) is 0 Å². The van der Waals surface area contributed by atoms with E-state index in [1.54, 1.807) is 11.3 Å². The van der Waals surface area contributed by atoms with Gasteiger partial charge in [-0.05, 0) is 42.1 Å². The Morgan fingerprint density at radius 1 is 1.28 bits per heavy atom. The molecule has 3 nitrogen and oxygen atoms in total. The van der Waals surface area contributed by atoms with E-state index in [9.17, 15) is 0 Å². The van der Waals surface area contributed by atoms with E-state index in [0.717, 1.165) is 26.6 Å². The molecule has 0 atom stereocenters. The van der Waals surface area contributed by atoms with Crippen molar-refractivity contribution in [2.75, 3.05) is 0 Å². The van der Waals surface area contributed by atoms with Crippen molar-refractivity contribution in [3.63, 3.8) is 0 Å². The molecule has 3 aromatic rings. The molecule has 3 rings (SSSR count). The molecule has 0 saturated heterocycles. The van der Waals surface area contributed by atoms with Gasteiger partial charge in [0.15, 0.2) is 11.6 Å². The Labute approximate surface area is 117 Å². The summed E-state index contributed by atoms with van der Waals surface area (Å²) in [6, 6.07) is 10.1. The zero-order valence-electron chi connectivity index (χ0n) is 9.64. The van der Waals surface area contributed by atoms with Gasteiger partial charge < -0.3 is 0 Å². The monoisotopic (exact) mass is 319 g/mol. The van der Waals surface area contributed by atoms with Crippen molar-refractivity contribution in [1.82, 2.24) is 15.2 Å². The highest BCUT2D eigenvalue weighted by molar-refractivity contribution is 9.10. The number of aryl methyl sites for hydroxylation is 1. The summed E-state index contributed by atoms with van der Waals surface area (Å²) < 4.78 is 1.10. The van der Waals surface area contributed by atoms with Gasteiger partial charge in [0.05, 0.1) is 4.88 Å². The fourth-order valence-corrected chi connectivity index (χ4v) is 2.61. The number of halogens is 1. The molecule has 0 aliphatic heterocycles. The van der Waals surface area contributed by atoms with E-state index in [0.29, 0.717) is 0 Å². The summed E-state index contributed by atoms with van der Waals surface area (Å²) >= 11 is 5.14. The summed E-state index contributed by atoms with van der Waals surface area (Å²) in [6.45, 7) is 2.06. The van der Waals surface area contributed by atoms with Gasteiger partial charge in [-0.15, -0.1) is 11.3 Å². The number of aromatic amines is 1. The molecular weight excluding hydrogens is 310 g/mol. The molecule has 0 aliphatic rings. The average molecular weight is 320 g/mol. The van der Waals surface area contributed by atoms with Gasteiger partial charge in [0, 0.05) is 10.0 Å². The number of thiophene rings is 1. The molecule has 90 valence electrons. The molecule has 0 fully saturated rings. The first-order valence-electron chi connectivity index (χ1n) is 5.47. The van der Waals surface area contributed by atoms with Gasteiger partial charge in [0.1, 0.15) is 0 Å². The Balaban J connectivity index is 2.00. The van der Waals surface area contributed by atoms with E-state index in [-0.39, 0.29) is 0 Å². The van der Waals surface area contributed by atoms with Crippen LogP contribution in [0.25, 0.3) is 22.1 Å². The lowest BCUT2D eigenvalue weighted by Crippen LogP contribution is -1.83.